The van der Waals surface area contributed by atoms with Crippen LogP contribution in [0.1, 0.15) is 16.2 Å². The van der Waals surface area contributed by atoms with Crippen LogP contribution in [0.15, 0.2) is 57.9 Å². The third-order valence-corrected chi connectivity index (χ3v) is 4.12. The number of halogens is 1. The number of rotatable bonds is 3. The van der Waals surface area contributed by atoms with Crippen LogP contribution in [-0.2, 0) is 0 Å². The van der Waals surface area contributed by atoms with E-state index in [0.717, 1.165) is 9.99 Å². The summed E-state index contributed by atoms with van der Waals surface area (Å²) in [5.74, 6) is 0.327. The van der Waals surface area contributed by atoms with Crippen molar-refractivity contribution < 1.29 is 9.21 Å². The molecule has 4 rings (SSSR count). The van der Waals surface area contributed by atoms with Crippen molar-refractivity contribution in [3.05, 3.63) is 65.0 Å². The highest BCUT2D eigenvalue weighted by molar-refractivity contribution is 9.10. The molecule has 0 bridgehead atoms. The van der Waals surface area contributed by atoms with Crippen LogP contribution in [0.5, 0.6) is 0 Å². The Kier molecular flexibility index (Phi) is 3.81. The predicted molar refractivity (Wildman–Crippen MR) is 95.8 cm³/mol. The van der Waals surface area contributed by atoms with Crippen molar-refractivity contribution in [1.82, 2.24) is 19.7 Å². The zero-order chi connectivity index (χ0) is 17.4. The van der Waals surface area contributed by atoms with Gasteiger partial charge in [-0.25, -0.2) is 14.6 Å². The van der Waals surface area contributed by atoms with Crippen LogP contribution >= 0.6 is 15.9 Å². The second kappa shape index (κ2) is 6.14. The first-order valence-corrected chi connectivity index (χ1v) is 8.22. The lowest BCUT2D eigenvalue weighted by Crippen LogP contribution is -2.15. The van der Waals surface area contributed by atoms with E-state index < -0.39 is 0 Å². The van der Waals surface area contributed by atoms with Gasteiger partial charge in [-0.2, -0.15) is 5.10 Å². The molecule has 0 fully saturated rings. The summed E-state index contributed by atoms with van der Waals surface area (Å²) in [5, 5.41) is 6.98. The number of fused-ring (bicyclic) bond motifs is 1. The van der Waals surface area contributed by atoms with Gasteiger partial charge in [-0.05, 0) is 30.3 Å². The smallest absolute Gasteiger partial charge is 0.257 e. The Morgan fingerprint density at radius 1 is 1.24 bits per heavy atom. The number of aryl methyl sites for hydroxylation is 1. The van der Waals surface area contributed by atoms with E-state index in [2.05, 4.69) is 36.3 Å². The Morgan fingerprint density at radius 2 is 2.12 bits per heavy atom. The number of anilines is 1. The van der Waals surface area contributed by atoms with Crippen LogP contribution in [0.2, 0.25) is 0 Å². The average molecular weight is 398 g/mol. The SMILES string of the molecule is Cc1nc2ccc(NC(=O)c3ccc(Br)cc3-n3cncn3)cc2o1. The molecular formula is C17H12BrN5O2. The minimum atomic E-state index is -0.256. The molecule has 8 heteroatoms. The number of aromatic nitrogens is 4. The van der Waals surface area contributed by atoms with Gasteiger partial charge in [0.05, 0.1) is 11.3 Å². The molecule has 0 radical (unpaired) electrons. The molecule has 25 heavy (non-hydrogen) atoms. The van der Waals surface area contributed by atoms with Gasteiger partial charge in [0, 0.05) is 23.2 Å². The van der Waals surface area contributed by atoms with Crippen LogP contribution in [-0.4, -0.2) is 25.7 Å². The molecule has 0 atom stereocenters. The lowest BCUT2D eigenvalue weighted by molar-refractivity contribution is 0.102. The van der Waals surface area contributed by atoms with E-state index in [1.807, 2.05) is 6.07 Å². The number of carbonyl (C=O) groups is 1. The second-order valence-corrected chi connectivity index (χ2v) is 6.29. The lowest BCUT2D eigenvalue weighted by Gasteiger charge is -2.10. The zero-order valence-corrected chi connectivity index (χ0v) is 14.7. The fourth-order valence-electron chi connectivity index (χ4n) is 2.53. The van der Waals surface area contributed by atoms with Gasteiger partial charge in [0.1, 0.15) is 18.2 Å². The second-order valence-electron chi connectivity index (χ2n) is 5.37. The number of oxazole rings is 1. The van der Waals surface area contributed by atoms with Gasteiger partial charge >= 0.3 is 0 Å². The number of nitrogens with zero attached hydrogens (tertiary/aromatic N) is 4. The molecule has 4 aromatic rings. The van der Waals surface area contributed by atoms with E-state index in [1.54, 1.807) is 48.3 Å². The summed E-state index contributed by atoms with van der Waals surface area (Å²) in [4.78, 5) is 20.9. The van der Waals surface area contributed by atoms with E-state index in [0.29, 0.717) is 28.4 Å². The van der Waals surface area contributed by atoms with Crippen molar-refractivity contribution >= 4 is 38.6 Å². The van der Waals surface area contributed by atoms with Crippen molar-refractivity contribution in [2.75, 3.05) is 5.32 Å². The Hall–Kier alpha value is -3.00. The summed E-state index contributed by atoms with van der Waals surface area (Å²) in [5.41, 5.74) is 3.11. The molecule has 0 unspecified atom stereocenters. The topological polar surface area (TPSA) is 85.8 Å². The summed E-state index contributed by atoms with van der Waals surface area (Å²) < 4.78 is 7.89. The van der Waals surface area contributed by atoms with Crippen molar-refractivity contribution in [2.45, 2.75) is 6.92 Å². The van der Waals surface area contributed by atoms with Crippen molar-refractivity contribution in [3.63, 3.8) is 0 Å². The van der Waals surface area contributed by atoms with Crippen molar-refractivity contribution in [3.8, 4) is 5.69 Å². The third kappa shape index (κ3) is 3.03. The van der Waals surface area contributed by atoms with Crippen LogP contribution in [0.3, 0.4) is 0 Å². The molecule has 2 heterocycles. The molecule has 2 aromatic carbocycles. The summed E-state index contributed by atoms with van der Waals surface area (Å²) >= 11 is 3.41. The number of hydrogen-bond donors (Lipinski definition) is 1. The van der Waals surface area contributed by atoms with Crippen LogP contribution in [0.25, 0.3) is 16.8 Å². The lowest BCUT2D eigenvalue weighted by atomic mass is 10.1. The molecule has 0 aliphatic heterocycles. The van der Waals surface area contributed by atoms with Crippen LogP contribution in [0, 0.1) is 6.92 Å². The average Bonchev–Trinajstić information content (AvgIpc) is 3.22. The fourth-order valence-corrected chi connectivity index (χ4v) is 2.88. The molecule has 0 saturated heterocycles. The Bertz CT molecular complexity index is 1070. The van der Waals surface area contributed by atoms with E-state index in [-0.39, 0.29) is 5.91 Å². The minimum Gasteiger partial charge on any atom is -0.441 e. The van der Waals surface area contributed by atoms with E-state index >= 15 is 0 Å². The van der Waals surface area contributed by atoms with Crippen LogP contribution in [0.4, 0.5) is 5.69 Å². The summed E-state index contributed by atoms with van der Waals surface area (Å²) in [6.07, 6.45) is 2.96. The molecular weight excluding hydrogens is 386 g/mol. The Labute approximate surface area is 150 Å². The maximum atomic E-state index is 12.7. The highest BCUT2D eigenvalue weighted by atomic mass is 79.9. The molecule has 124 valence electrons. The predicted octanol–water partition coefficient (Wildman–Crippen LogP) is 3.73. The van der Waals surface area contributed by atoms with Gasteiger partial charge in [-0.1, -0.05) is 15.9 Å². The normalized spacial score (nSPS) is 11.0. The number of benzene rings is 2. The summed E-state index contributed by atoms with van der Waals surface area (Å²) in [7, 11) is 0. The van der Waals surface area contributed by atoms with E-state index in [4.69, 9.17) is 4.42 Å². The van der Waals surface area contributed by atoms with Gasteiger partial charge in [-0.3, -0.25) is 4.79 Å². The monoisotopic (exact) mass is 397 g/mol. The Morgan fingerprint density at radius 3 is 2.92 bits per heavy atom. The summed E-state index contributed by atoms with van der Waals surface area (Å²) in [6.45, 7) is 1.78. The van der Waals surface area contributed by atoms with E-state index in [9.17, 15) is 4.79 Å². The highest BCUT2D eigenvalue weighted by Gasteiger charge is 2.15. The largest absolute Gasteiger partial charge is 0.441 e. The van der Waals surface area contributed by atoms with Crippen molar-refractivity contribution in [2.24, 2.45) is 0 Å². The first kappa shape index (κ1) is 15.5. The minimum absolute atomic E-state index is 0.256. The summed E-state index contributed by atoms with van der Waals surface area (Å²) in [6, 6.07) is 10.7. The maximum absolute atomic E-state index is 12.7. The van der Waals surface area contributed by atoms with Gasteiger partial charge in [0.2, 0.25) is 0 Å². The number of amides is 1. The quantitative estimate of drug-likeness (QED) is 0.568. The molecule has 0 spiro atoms. The standard InChI is InChI=1S/C17H12BrN5O2/c1-10-21-14-5-3-12(7-16(14)25-10)22-17(24)13-4-2-11(18)6-15(13)23-9-19-8-20-23/h2-9H,1H3,(H,22,24). The first-order valence-electron chi connectivity index (χ1n) is 7.43. The van der Waals surface area contributed by atoms with Crippen molar-refractivity contribution in [1.29, 1.82) is 0 Å². The van der Waals surface area contributed by atoms with Gasteiger partial charge in [0.15, 0.2) is 11.5 Å². The highest BCUT2D eigenvalue weighted by Crippen LogP contribution is 2.23. The van der Waals surface area contributed by atoms with Gasteiger partial charge < -0.3 is 9.73 Å². The zero-order valence-electron chi connectivity index (χ0n) is 13.1. The molecule has 0 aliphatic rings. The Balaban J connectivity index is 1.68. The third-order valence-electron chi connectivity index (χ3n) is 3.62. The molecule has 7 nitrogen and oxygen atoms in total. The number of carbonyl (C=O) groups excluding carboxylic acids is 1. The molecule has 0 aliphatic carbocycles. The maximum Gasteiger partial charge on any atom is 0.257 e. The van der Waals surface area contributed by atoms with Gasteiger partial charge in [-0.15, -0.1) is 0 Å². The fraction of sp³-hybridized carbons (Fsp3) is 0.0588. The molecule has 1 amide bonds. The first-order chi connectivity index (χ1) is 12.1. The molecule has 1 N–H and O–H groups in total. The van der Waals surface area contributed by atoms with Gasteiger partial charge in [0.25, 0.3) is 5.91 Å². The molecule has 2 aromatic heterocycles. The number of nitrogens with one attached hydrogen (secondary N) is 1. The van der Waals surface area contributed by atoms with E-state index in [1.165, 1.54) is 6.33 Å². The molecule has 0 saturated carbocycles. The van der Waals surface area contributed by atoms with Crippen LogP contribution < -0.4 is 5.32 Å². The number of hydrogen-bond acceptors (Lipinski definition) is 5.